The van der Waals surface area contributed by atoms with Crippen molar-refractivity contribution >= 4 is 0 Å². The quantitative estimate of drug-likeness (QED) is 0.445. The summed E-state index contributed by atoms with van der Waals surface area (Å²) < 4.78 is 0. The summed E-state index contributed by atoms with van der Waals surface area (Å²) in [7, 11) is 0. The van der Waals surface area contributed by atoms with Crippen molar-refractivity contribution in [2.75, 3.05) is 0 Å². The van der Waals surface area contributed by atoms with Crippen molar-refractivity contribution in [3.05, 3.63) is 0 Å². The Labute approximate surface area is 50.3 Å². The van der Waals surface area contributed by atoms with E-state index in [-0.39, 0.29) is 0 Å². The third-order valence-corrected chi connectivity index (χ3v) is 3.89. The molecule has 3 saturated carbocycles. The molecular weight excluding hydrogens is 96.1 g/mol. The molecule has 8 heavy (non-hydrogen) atoms. The van der Waals surface area contributed by atoms with Crippen LogP contribution in [0.1, 0.15) is 26.2 Å². The molecule has 3 rings (SSSR count). The summed E-state index contributed by atoms with van der Waals surface area (Å²) in [4.78, 5) is 0. The molecule has 0 bridgehead atoms. The number of hydrogen-bond acceptors (Lipinski definition) is 0. The maximum absolute atomic E-state index is 2.49. The summed E-state index contributed by atoms with van der Waals surface area (Å²) in [6.07, 6.45) is 4.72. The van der Waals surface area contributed by atoms with Gasteiger partial charge in [-0.15, -0.1) is 0 Å². The van der Waals surface area contributed by atoms with Gasteiger partial charge >= 0.3 is 0 Å². The van der Waals surface area contributed by atoms with E-state index in [1.54, 1.807) is 19.3 Å². The summed E-state index contributed by atoms with van der Waals surface area (Å²) in [6, 6.07) is 0. The average Bonchev–Trinajstić information content (AvgIpc) is 2.23. The summed E-state index contributed by atoms with van der Waals surface area (Å²) >= 11 is 0. The molecule has 0 saturated heterocycles. The van der Waals surface area contributed by atoms with E-state index in [9.17, 15) is 0 Å². The average molecular weight is 108 g/mol. The van der Waals surface area contributed by atoms with Crippen molar-refractivity contribution in [1.29, 1.82) is 0 Å². The van der Waals surface area contributed by atoms with Gasteiger partial charge in [0.2, 0.25) is 0 Å². The number of hydrogen-bond donors (Lipinski definition) is 0. The lowest BCUT2D eigenvalue weighted by Gasteiger charge is -2.37. The van der Waals surface area contributed by atoms with E-state index in [0.717, 1.165) is 5.41 Å². The Bertz CT molecular complexity index is 146. The van der Waals surface area contributed by atoms with Gasteiger partial charge in [-0.2, -0.15) is 0 Å². The Morgan fingerprint density at radius 1 is 1.38 bits per heavy atom. The summed E-state index contributed by atoms with van der Waals surface area (Å²) in [6.45, 7) is 2.49. The van der Waals surface area contributed by atoms with Gasteiger partial charge in [-0.3, -0.25) is 0 Å². The van der Waals surface area contributed by atoms with E-state index in [4.69, 9.17) is 0 Å². The van der Waals surface area contributed by atoms with Crippen molar-refractivity contribution in [2.45, 2.75) is 26.2 Å². The van der Waals surface area contributed by atoms with Crippen molar-refractivity contribution in [3.63, 3.8) is 0 Å². The molecule has 0 radical (unpaired) electrons. The predicted octanol–water partition coefficient (Wildman–Crippen LogP) is 2.05. The Kier molecular flexibility index (Phi) is 0.381. The van der Waals surface area contributed by atoms with Gasteiger partial charge in [0.15, 0.2) is 0 Å². The predicted molar refractivity (Wildman–Crippen MR) is 32.4 cm³/mol. The van der Waals surface area contributed by atoms with Crippen LogP contribution in [0.15, 0.2) is 0 Å². The van der Waals surface area contributed by atoms with E-state index in [0.29, 0.717) is 0 Å². The van der Waals surface area contributed by atoms with Crippen molar-refractivity contribution in [2.24, 2.45) is 23.2 Å². The second kappa shape index (κ2) is 0.778. The van der Waals surface area contributed by atoms with Gasteiger partial charge in [-0.05, 0) is 42.4 Å². The van der Waals surface area contributed by atoms with Crippen LogP contribution in [0.25, 0.3) is 0 Å². The van der Waals surface area contributed by atoms with Gasteiger partial charge in [0.25, 0.3) is 0 Å². The molecule has 3 aliphatic rings. The van der Waals surface area contributed by atoms with E-state index in [1.807, 2.05) is 0 Å². The van der Waals surface area contributed by atoms with Crippen LogP contribution in [0.3, 0.4) is 0 Å². The molecule has 4 atom stereocenters. The lowest BCUT2D eigenvalue weighted by Crippen LogP contribution is -2.28. The second-order valence-corrected chi connectivity index (χ2v) is 4.25. The Hall–Kier alpha value is 0. The molecule has 0 spiro atoms. The van der Waals surface area contributed by atoms with Crippen LogP contribution in [0.2, 0.25) is 0 Å². The van der Waals surface area contributed by atoms with Crippen LogP contribution in [-0.2, 0) is 0 Å². The molecule has 0 nitrogen and oxygen atoms in total. The van der Waals surface area contributed by atoms with Crippen molar-refractivity contribution < 1.29 is 0 Å². The zero-order chi connectivity index (χ0) is 5.35. The molecule has 0 amide bonds. The molecule has 0 heterocycles. The zero-order valence-corrected chi connectivity index (χ0v) is 5.35. The van der Waals surface area contributed by atoms with E-state index in [2.05, 4.69) is 6.92 Å². The molecular formula is C8H12. The first-order valence-electron chi connectivity index (χ1n) is 3.81. The maximum Gasteiger partial charge on any atom is -0.0289 e. The first kappa shape index (κ1) is 3.92. The molecule has 0 aliphatic heterocycles. The van der Waals surface area contributed by atoms with Gasteiger partial charge < -0.3 is 0 Å². The first-order chi connectivity index (χ1) is 3.81. The Morgan fingerprint density at radius 3 is 2.38 bits per heavy atom. The molecule has 0 N–H and O–H groups in total. The highest BCUT2D eigenvalue weighted by molar-refractivity contribution is 5.20. The topological polar surface area (TPSA) is 0 Å². The van der Waals surface area contributed by atoms with Crippen LogP contribution in [0.5, 0.6) is 0 Å². The third-order valence-electron chi connectivity index (χ3n) is 3.89. The smallest absolute Gasteiger partial charge is 0.0289 e. The molecule has 0 aromatic heterocycles. The molecule has 2 unspecified atom stereocenters. The molecule has 0 aromatic carbocycles. The van der Waals surface area contributed by atoms with Crippen molar-refractivity contribution in [1.82, 2.24) is 0 Å². The lowest BCUT2D eigenvalue weighted by molar-refractivity contribution is 0.130. The van der Waals surface area contributed by atoms with Gasteiger partial charge in [0.05, 0.1) is 0 Å². The monoisotopic (exact) mass is 108 g/mol. The summed E-state index contributed by atoms with van der Waals surface area (Å²) in [5.41, 5.74) is 0.870. The van der Waals surface area contributed by atoms with Crippen LogP contribution in [0, 0.1) is 23.2 Å². The third kappa shape index (κ3) is 0.206. The highest BCUT2D eigenvalue weighted by Crippen LogP contribution is 2.79. The minimum atomic E-state index is 0.870. The maximum atomic E-state index is 2.49. The SMILES string of the molecule is C[C@@]12CCC3C1[C@H]3C2. The minimum Gasteiger partial charge on any atom is -0.0593 e. The van der Waals surface area contributed by atoms with Gasteiger partial charge in [-0.1, -0.05) is 6.92 Å². The molecule has 0 aromatic rings. The normalized spacial score (nSPS) is 73.9. The highest BCUT2D eigenvalue weighted by atomic mass is 14.8. The van der Waals surface area contributed by atoms with Gasteiger partial charge in [0.1, 0.15) is 0 Å². The molecule has 44 valence electrons. The second-order valence-electron chi connectivity index (χ2n) is 4.25. The van der Waals surface area contributed by atoms with Gasteiger partial charge in [0, 0.05) is 0 Å². The Balaban J connectivity index is 2.07. The van der Waals surface area contributed by atoms with Crippen LogP contribution in [0.4, 0.5) is 0 Å². The number of rotatable bonds is 0. The molecule has 0 heteroatoms. The summed E-state index contributed by atoms with van der Waals surface area (Å²) in [5, 5.41) is 0. The van der Waals surface area contributed by atoms with Crippen LogP contribution >= 0.6 is 0 Å². The fourth-order valence-corrected chi connectivity index (χ4v) is 3.43. The van der Waals surface area contributed by atoms with E-state index in [1.165, 1.54) is 17.8 Å². The molecule has 3 fully saturated rings. The van der Waals surface area contributed by atoms with E-state index < -0.39 is 0 Å². The van der Waals surface area contributed by atoms with Crippen LogP contribution in [-0.4, -0.2) is 0 Å². The number of fused-ring (bicyclic) bond motifs is 1. The van der Waals surface area contributed by atoms with Crippen molar-refractivity contribution in [3.8, 4) is 0 Å². The van der Waals surface area contributed by atoms with Gasteiger partial charge in [-0.25, -0.2) is 0 Å². The standard InChI is InChI=1S/C8H12/c1-8-3-2-5-6(4-8)7(5)8/h5-7H,2-4H2,1H3/t5?,6-,7?,8-/m0/s1. The van der Waals surface area contributed by atoms with E-state index >= 15 is 0 Å². The molecule has 3 aliphatic carbocycles. The highest BCUT2D eigenvalue weighted by Gasteiger charge is 2.72. The lowest BCUT2D eigenvalue weighted by atomic mass is 9.68. The fraction of sp³-hybridized carbons (Fsp3) is 1.00. The Morgan fingerprint density at radius 2 is 2.25 bits per heavy atom. The largest absolute Gasteiger partial charge is 0.0593 e. The van der Waals surface area contributed by atoms with Crippen LogP contribution < -0.4 is 0 Å². The zero-order valence-electron chi connectivity index (χ0n) is 5.35. The first-order valence-corrected chi connectivity index (χ1v) is 3.81. The summed E-state index contributed by atoms with van der Waals surface area (Å²) in [5.74, 6) is 3.68. The minimum absolute atomic E-state index is 0.870. The fourth-order valence-electron chi connectivity index (χ4n) is 3.43.